The van der Waals surface area contributed by atoms with E-state index in [1.807, 2.05) is 0 Å². The Bertz CT molecular complexity index is 561. The summed E-state index contributed by atoms with van der Waals surface area (Å²) in [4.78, 5) is 2.42. The number of benzene rings is 1. The van der Waals surface area contributed by atoms with Crippen molar-refractivity contribution in [2.75, 3.05) is 33.3 Å². The number of nitrogens with zero attached hydrogens (tertiary/aromatic N) is 1. The van der Waals surface area contributed by atoms with E-state index in [1.165, 1.54) is 25.7 Å². The Balaban J connectivity index is 0.00000225. The van der Waals surface area contributed by atoms with E-state index in [9.17, 15) is 13.2 Å². The van der Waals surface area contributed by atoms with Crippen LogP contribution < -0.4 is 14.8 Å². The molecule has 0 radical (unpaired) electrons. The largest absolute Gasteiger partial charge is 0.573 e. The molecule has 3 rings (SSSR count). The molecule has 0 spiro atoms. The Morgan fingerprint density at radius 2 is 1.88 bits per heavy atom. The normalized spacial score (nSPS) is 20.3. The lowest BCUT2D eigenvalue weighted by molar-refractivity contribution is -0.274. The van der Waals surface area contributed by atoms with Crippen molar-refractivity contribution in [3.63, 3.8) is 0 Å². The lowest BCUT2D eigenvalue weighted by Gasteiger charge is -2.43. The summed E-state index contributed by atoms with van der Waals surface area (Å²) in [6.07, 6.45) is -1.18. The molecule has 8 heteroatoms. The molecule has 4 nitrogen and oxygen atoms in total. The van der Waals surface area contributed by atoms with Crippen molar-refractivity contribution in [1.82, 2.24) is 10.2 Å². The molecule has 1 aromatic rings. The molecule has 1 saturated heterocycles. The van der Waals surface area contributed by atoms with E-state index >= 15 is 0 Å². The maximum absolute atomic E-state index is 12.4. The van der Waals surface area contributed by atoms with Gasteiger partial charge in [0.2, 0.25) is 0 Å². The summed E-state index contributed by atoms with van der Waals surface area (Å²) in [5, 5.41) is 3.34. The second kappa shape index (κ2) is 8.47. The first-order valence-corrected chi connectivity index (χ1v) is 8.36. The molecule has 2 fully saturated rings. The van der Waals surface area contributed by atoms with Gasteiger partial charge in [0.15, 0.2) is 0 Å². The Hall–Kier alpha value is -1.18. The number of nitrogens with one attached hydrogen (secondary N) is 1. The Morgan fingerprint density at radius 3 is 2.40 bits per heavy atom. The molecule has 1 heterocycles. The summed E-state index contributed by atoms with van der Waals surface area (Å²) in [5.41, 5.74) is 0.957. The monoisotopic (exact) mass is 380 g/mol. The zero-order chi connectivity index (χ0) is 17.2. The molecule has 0 bridgehead atoms. The molecular formula is C17H24ClF3N2O2. The topological polar surface area (TPSA) is 33.7 Å². The maximum Gasteiger partial charge on any atom is 0.573 e. The van der Waals surface area contributed by atoms with Crippen LogP contribution in [0.5, 0.6) is 11.5 Å². The van der Waals surface area contributed by atoms with Gasteiger partial charge in [-0.2, -0.15) is 0 Å². The van der Waals surface area contributed by atoms with E-state index in [4.69, 9.17) is 4.74 Å². The van der Waals surface area contributed by atoms with Crippen LogP contribution in [0, 0.1) is 5.92 Å². The fourth-order valence-corrected chi connectivity index (χ4v) is 3.60. The fraction of sp³-hybridized carbons (Fsp3) is 0.647. The first-order valence-electron chi connectivity index (χ1n) is 8.36. The fourth-order valence-electron chi connectivity index (χ4n) is 3.60. The summed E-state index contributed by atoms with van der Waals surface area (Å²) in [6, 6.07) is 4.65. The van der Waals surface area contributed by atoms with Crippen molar-refractivity contribution in [3.8, 4) is 11.5 Å². The van der Waals surface area contributed by atoms with Gasteiger partial charge in [-0.15, -0.1) is 25.6 Å². The Labute approximate surface area is 152 Å². The second-order valence-electron chi connectivity index (χ2n) is 6.37. The predicted octanol–water partition coefficient (Wildman–Crippen LogP) is 3.76. The average Bonchev–Trinajstić information content (AvgIpc) is 2.50. The van der Waals surface area contributed by atoms with Crippen molar-refractivity contribution in [3.05, 3.63) is 23.8 Å². The molecule has 0 aromatic heterocycles. The van der Waals surface area contributed by atoms with Crippen LogP contribution in [0.4, 0.5) is 13.2 Å². The molecule has 25 heavy (non-hydrogen) atoms. The van der Waals surface area contributed by atoms with Gasteiger partial charge in [-0.05, 0) is 24.8 Å². The number of ether oxygens (including phenoxy) is 2. The highest BCUT2D eigenvalue weighted by atomic mass is 35.5. The molecule has 142 valence electrons. The predicted molar refractivity (Wildman–Crippen MR) is 91.4 cm³/mol. The van der Waals surface area contributed by atoms with Crippen LogP contribution in [0.2, 0.25) is 0 Å². The van der Waals surface area contributed by atoms with Crippen molar-refractivity contribution < 1.29 is 22.6 Å². The van der Waals surface area contributed by atoms with Gasteiger partial charge in [-0.1, -0.05) is 12.5 Å². The van der Waals surface area contributed by atoms with Crippen LogP contribution in [-0.2, 0) is 0 Å². The highest BCUT2D eigenvalue weighted by Gasteiger charge is 2.36. The van der Waals surface area contributed by atoms with Crippen molar-refractivity contribution >= 4 is 12.4 Å². The smallest absolute Gasteiger partial charge is 0.496 e. The highest BCUT2D eigenvalue weighted by Crippen LogP contribution is 2.45. The lowest BCUT2D eigenvalue weighted by Crippen LogP contribution is -2.47. The number of hydrogen-bond acceptors (Lipinski definition) is 4. The third kappa shape index (κ3) is 4.92. The lowest BCUT2D eigenvalue weighted by atomic mass is 9.76. The number of piperazine rings is 1. The van der Waals surface area contributed by atoms with Crippen LogP contribution >= 0.6 is 12.4 Å². The van der Waals surface area contributed by atoms with Gasteiger partial charge >= 0.3 is 6.36 Å². The molecule has 1 aliphatic carbocycles. The number of rotatable bonds is 5. The van der Waals surface area contributed by atoms with E-state index < -0.39 is 6.36 Å². The third-order valence-electron chi connectivity index (χ3n) is 4.90. The molecular weight excluding hydrogens is 357 g/mol. The van der Waals surface area contributed by atoms with Crippen LogP contribution in [0.3, 0.4) is 0 Å². The van der Waals surface area contributed by atoms with Crippen LogP contribution in [-0.4, -0.2) is 44.6 Å². The van der Waals surface area contributed by atoms with Gasteiger partial charge in [-0.25, -0.2) is 0 Å². The van der Waals surface area contributed by atoms with Crippen molar-refractivity contribution in [1.29, 1.82) is 0 Å². The summed E-state index contributed by atoms with van der Waals surface area (Å²) in [7, 11) is 1.49. The van der Waals surface area contributed by atoms with E-state index in [-0.39, 0.29) is 24.2 Å². The van der Waals surface area contributed by atoms with Crippen LogP contribution in [0.15, 0.2) is 18.2 Å². The van der Waals surface area contributed by atoms with E-state index in [1.54, 1.807) is 6.07 Å². The molecule has 0 unspecified atom stereocenters. The van der Waals surface area contributed by atoms with Gasteiger partial charge in [0.05, 0.1) is 7.11 Å². The Morgan fingerprint density at radius 1 is 1.20 bits per heavy atom. The minimum Gasteiger partial charge on any atom is -0.496 e. The summed E-state index contributed by atoms with van der Waals surface area (Å²) in [5.74, 6) is 0.759. The number of hydrogen-bond donors (Lipinski definition) is 1. The maximum atomic E-state index is 12.4. The molecule has 1 saturated carbocycles. The number of methoxy groups -OCH3 is 1. The van der Waals surface area contributed by atoms with Gasteiger partial charge < -0.3 is 14.8 Å². The SMILES string of the molecule is COc1cc(OC(F)(F)F)ccc1[C@H](C1CCC1)N1CCNCC1.Cl. The van der Waals surface area contributed by atoms with Gasteiger partial charge in [0.25, 0.3) is 0 Å². The molecule has 1 atom stereocenters. The summed E-state index contributed by atoms with van der Waals surface area (Å²) in [6.45, 7) is 3.73. The van der Waals surface area contributed by atoms with E-state index in [2.05, 4.69) is 15.0 Å². The van der Waals surface area contributed by atoms with Crippen LogP contribution in [0.25, 0.3) is 0 Å². The molecule has 1 N–H and O–H groups in total. The standard InChI is InChI=1S/C17H23F3N2O2.ClH/c1-23-15-11-13(24-17(18,19)20)5-6-14(15)16(12-3-2-4-12)22-9-7-21-8-10-22;/h5-6,11-12,16,21H,2-4,7-10H2,1H3;1H/t16-;/m0./s1. The summed E-state index contributed by atoms with van der Waals surface area (Å²) >= 11 is 0. The molecule has 0 amide bonds. The number of halogens is 4. The van der Waals surface area contributed by atoms with Gasteiger partial charge in [0.1, 0.15) is 11.5 Å². The zero-order valence-electron chi connectivity index (χ0n) is 14.1. The minimum absolute atomic E-state index is 0. The summed E-state index contributed by atoms with van der Waals surface area (Å²) < 4.78 is 46.7. The van der Waals surface area contributed by atoms with Gasteiger partial charge in [0, 0.05) is 43.9 Å². The first kappa shape index (κ1) is 20.1. The second-order valence-corrected chi connectivity index (χ2v) is 6.37. The minimum atomic E-state index is -4.70. The molecule has 2 aliphatic rings. The van der Waals surface area contributed by atoms with E-state index in [0.717, 1.165) is 44.6 Å². The van der Waals surface area contributed by atoms with Gasteiger partial charge in [-0.3, -0.25) is 4.90 Å². The quantitative estimate of drug-likeness (QED) is 0.843. The molecule has 1 aromatic carbocycles. The zero-order valence-corrected chi connectivity index (χ0v) is 15.0. The van der Waals surface area contributed by atoms with Crippen LogP contribution in [0.1, 0.15) is 30.9 Å². The number of alkyl halides is 3. The van der Waals surface area contributed by atoms with Crippen molar-refractivity contribution in [2.45, 2.75) is 31.7 Å². The first-order chi connectivity index (χ1) is 11.5. The highest BCUT2D eigenvalue weighted by molar-refractivity contribution is 5.85. The molecule has 1 aliphatic heterocycles. The average molecular weight is 381 g/mol. The Kier molecular flexibility index (Phi) is 6.82. The van der Waals surface area contributed by atoms with Crippen molar-refractivity contribution in [2.24, 2.45) is 5.92 Å². The van der Waals surface area contributed by atoms with E-state index in [0.29, 0.717) is 11.7 Å². The third-order valence-corrected chi connectivity index (χ3v) is 4.90.